The van der Waals surface area contributed by atoms with E-state index in [1.165, 1.54) is 4.57 Å². The molecule has 3 rings (SSSR count). The van der Waals surface area contributed by atoms with E-state index in [-0.39, 0.29) is 24.6 Å². The number of hydrogen-bond acceptors (Lipinski definition) is 5. The highest BCUT2D eigenvalue weighted by atomic mass is 16.5. The van der Waals surface area contributed by atoms with Crippen LogP contribution in [-0.4, -0.2) is 20.2 Å². The molecule has 0 aliphatic rings. The third-order valence-corrected chi connectivity index (χ3v) is 4.97. The summed E-state index contributed by atoms with van der Waals surface area (Å²) in [5, 5.41) is 3.13. The minimum absolute atomic E-state index is 0.0664. The average molecular weight is 461 g/mol. The van der Waals surface area contributed by atoms with Gasteiger partial charge in [0.05, 0.1) is 12.6 Å². The van der Waals surface area contributed by atoms with Gasteiger partial charge in [0.2, 0.25) is 5.95 Å². The lowest BCUT2D eigenvalue weighted by Gasteiger charge is -2.17. The maximum Gasteiger partial charge on any atom is 0.355 e. The number of nitrogens with one attached hydrogen (secondary N) is 1. The first kappa shape index (κ1) is 24.8. The molecule has 0 fully saturated rings. The highest BCUT2D eigenvalue weighted by molar-refractivity contribution is 5.54. The van der Waals surface area contributed by atoms with Gasteiger partial charge in [0.15, 0.2) is 0 Å². The standard InChI is InChI=1S/C27H32N4O3/c1-6-7-8-10-21-11-9-12-22(17-21)18-30-25(29-26(32)31(19(2)3)27(30)33)28-23-13-15-24(16-14-23)34-20(4)5/h9,11-17,19-20H,6-7,18H2,1-5H3,(H,28,29,32). The molecule has 0 amide bonds. The maximum atomic E-state index is 13.3. The molecule has 0 bridgehead atoms. The molecule has 0 spiro atoms. The van der Waals surface area contributed by atoms with Crippen LogP contribution < -0.4 is 21.4 Å². The van der Waals surface area contributed by atoms with E-state index < -0.39 is 11.4 Å². The minimum Gasteiger partial charge on any atom is -0.491 e. The summed E-state index contributed by atoms with van der Waals surface area (Å²) in [6.45, 7) is 9.84. The summed E-state index contributed by atoms with van der Waals surface area (Å²) in [4.78, 5) is 30.2. The fourth-order valence-electron chi connectivity index (χ4n) is 3.42. The molecule has 0 saturated carbocycles. The molecule has 7 heteroatoms. The van der Waals surface area contributed by atoms with Crippen molar-refractivity contribution in [1.29, 1.82) is 0 Å². The van der Waals surface area contributed by atoms with Gasteiger partial charge in [0.1, 0.15) is 5.75 Å². The monoisotopic (exact) mass is 460 g/mol. The normalized spacial score (nSPS) is 10.8. The van der Waals surface area contributed by atoms with Crippen molar-refractivity contribution in [2.24, 2.45) is 0 Å². The minimum atomic E-state index is -0.585. The lowest BCUT2D eigenvalue weighted by molar-refractivity contribution is 0.242. The van der Waals surface area contributed by atoms with Crippen LogP contribution in [0.5, 0.6) is 5.75 Å². The Kier molecular flexibility index (Phi) is 8.31. The number of benzene rings is 2. The van der Waals surface area contributed by atoms with Crippen LogP contribution in [0.3, 0.4) is 0 Å². The van der Waals surface area contributed by atoms with E-state index in [1.54, 1.807) is 13.8 Å². The Labute approximate surface area is 200 Å². The molecule has 0 aliphatic heterocycles. The molecule has 0 radical (unpaired) electrons. The second-order valence-corrected chi connectivity index (χ2v) is 8.62. The van der Waals surface area contributed by atoms with Gasteiger partial charge in [-0.25, -0.2) is 14.2 Å². The smallest absolute Gasteiger partial charge is 0.355 e. The first-order valence-corrected chi connectivity index (χ1v) is 11.6. The van der Waals surface area contributed by atoms with E-state index >= 15 is 0 Å². The van der Waals surface area contributed by atoms with Crippen molar-refractivity contribution in [3.05, 3.63) is 80.6 Å². The zero-order chi connectivity index (χ0) is 24.7. The van der Waals surface area contributed by atoms with Gasteiger partial charge in [0, 0.05) is 23.7 Å². The number of aromatic nitrogens is 3. The molecule has 1 N–H and O–H groups in total. The molecular formula is C27H32N4O3. The van der Waals surface area contributed by atoms with Gasteiger partial charge in [-0.2, -0.15) is 4.98 Å². The van der Waals surface area contributed by atoms with Crippen LogP contribution in [-0.2, 0) is 6.54 Å². The molecule has 3 aromatic rings. The van der Waals surface area contributed by atoms with Crippen molar-refractivity contribution in [3.63, 3.8) is 0 Å². The molecule has 0 aliphatic carbocycles. The SMILES string of the molecule is CCCC#Cc1cccc(Cn2c(Nc3ccc(OC(C)C)cc3)nc(=O)n(C(C)C)c2=O)c1. The Morgan fingerprint density at radius 1 is 1.06 bits per heavy atom. The quantitative estimate of drug-likeness (QED) is 0.492. The predicted molar refractivity (Wildman–Crippen MR) is 136 cm³/mol. The topological polar surface area (TPSA) is 78.2 Å². The first-order valence-electron chi connectivity index (χ1n) is 11.6. The number of unbranched alkanes of at least 4 members (excludes halogenated alkanes) is 1. The van der Waals surface area contributed by atoms with E-state index in [4.69, 9.17) is 4.74 Å². The Morgan fingerprint density at radius 3 is 2.44 bits per heavy atom. The van der Waals surface area contributed by atoms with Crippen molar-refractivity contribution in [2.75, 3.05) is 5.32 Å². The van der Waals surface area contributed by atoms with Gasteiger partial charge < -0.3 is 10.1 Å². The zero-order valence-corrected chi connectivity index (χ0v) is 20.5. The van der Waals surface area contributed by atoms with Gasteiger partial charge in [0.25, 0.3) is 0 Å². The molecule has 1 aromatic heterocycles. The summed E-state index contributed by atoms with van der Waals surface area (Å²) in [7, 11) is 0. The predicted octanol–water partition coefficient (Wildman–Crippen LogP) is 4.72. The zero-order valence-electron chi connectivity index (χ0n) is 20.5. The van der Waals surface area contributed by atoms with Gasteiger partial charge in [-0.15, -0.1) is 0 Å². The lowest BCUT2D eigenvalue weighted by Crippen LogP contribution is -2.43. The summed E-state index contributed by atoms with van der Waals surface area (Å²) >= 11 is 0. The summed E-state index contributed by atoms with van der Waals surface area (Å²) in [6, 6.07) is 14.8. The number of rotatable bonds is 8. The third kappa shape index (κ3) is 6.38. The molecule has 2 aromatic carbocycles. The second-order valence-electron chi connectivity index (χ2n) is 8.62. The third-order valence-electron chi connectivity index (χ3n) is 4.97. The number of anilines is 2. The molecule has 0 unspecified atom stereocenters. The fraction of sp³-hybridized carbons (Fsp3) is 0.370. The molecule has 178 valence electrons. The molecule has 7 nitrogen and oxygen atoms in total. The maximum absolute atomic E-state index is 13.3. The highest BCUT2D eigenvalue weighted by Crippen LogP contribution is 2.20. The van der Waals surface area contributed by atoms with E-state index in [9.17, 15) is 9.59 Å². The van der Waals surface area contributed by atoms with E-state index in [0.29, 0.717) is 5.69 Å². The summed E-state index contributed by atoms with van der Waals surface area (Å²) in [5.41, 5.74) is 1.47. The molecule has 1 heterocycles. The molecule has 34 heavy (non-hydrogen) atoms. The van der Waals surface area contributed by atoms with Crippen molar-refractivity contribution >= 4 is 11.6 Å². The number of hydrogen-bond donors (Lipinski definition) is 1. The lowest BCUT2D eigenvalue weighted by atomic mass is 10.1. The summed E-state index contributed by atoms with van der Waals surface area (Å²) < 4.78 is 8.33. The Balaban J connectivity index is 1.99. The molecular weight excluding hydrogens is 428 g/mol. The van der Waals surface area contributed by atoms with Crippen LogP contribution in [0, 0.1) is 11.8 Å². The molecule has 0 atom stereocenters. The van der Waals surface area contributed by atoms with Gasteiger partial charge >= 0.3 is 11.4 Å². The Hall–Kier alpha value is -3.79. The average Bonchev–Trinajstić information content (AvgIpc) is 2.77. The van der Waals surface area contributed by atoms with Crippen LogP contribution in [0.2, 0.25) is 0 Å². The summed E-state index contributed by atoms with van der Waals surface area (Å²) in [6.07, 6.45) is 1.91. The van der Waals surface area contributed by atoms with Gasteiger partial charge in [-0.3, -0.25) is 4.57 Å². The van der Waals surface area contributed by atoms with Crippen LogP contribution in [0.1, 0.15) is 64.6 Å². The van der Waals surface area contributed by atoms with Crippen molar-refractivity contribution in [1.82, 2.24) is 14.1 Å². The van der Waals surface area contributed by atoms with Gasteiger partial charge in [-0.05, 0) is 76.1 Å². The fourth-order valence-corrected chi connectivity index (χ4v) is 3.42. The van der Waals surface area contributed by atoms with Crippen molar-refractivity contribution in [3.8, 4) is 17.6 Å². The summed E-state index contributed by atoms with van der Waals surface area (Å²) in [5.74, 6) is 7.23. The van der Waals surface area contributed by atoms with Gasteiger partial charge in [-0.1, -0.05) is 30.9 Å². The highest BCUT2D eigenvalue weighted by Gasteiger charge is 2.16. The molecule has 0 saturated heterocycles. The largest absolute Gasteiger partial charge is 0.491 e. The Morgan fingerprint density at radius 2 is 1.79 bits per heavy atom. The second kappa shape index (κ2) is 11.4. The van der Waals surface area contributed by atoms with E-state index in [2.05, 4.69) is 29.1 Å². The van der Waals surface area contributed by atoms with Crippen LogP contribution in [0.25, 0.3) is 0 Å². The van der Waals surface area contributed by atoms with E-state index in [1.807, 2.05) is 62.4 Å². The van der Waals surface area contributed by atoms with Crippen molar-refractivity contribution in [2.45, 2.75) is 66.2 Å². The van der Waals surface area contributed by atoms with Crippen LogP contribution in [0.4, 0.5) is 11.6 Å². The number of ether oxygens (including phenoxy) is 1. The first-order chi connectivity index (χ1) is 16.3. The van der Waals surface area contributed by atoms with Crippen LogP contribution in [0.15, 0.2) is 58.1 Å². The van der Waals surface area contributed by atoms with Crippen LogP contribution >= 0.6 is 0 Å². The Bertz CT molecular complexity index is 1290. The number of nitrogens with zero attached hydrogens (tertiary/aromatic N) is 3. The van der Waals surface area contributed by atoms with Crippen molar-refractivity contribution < 1.29 is 4.74 Å². The van der Waals surface area contributed by atoms with E-state index in [0.717, 1.165) is 34.3 Å².